The molecule has 0 saturated carbocycles. The monoisotopic (exact) mass is 315 g/mol. The fourth-order valence-corrected chi connectivity index (χ4v) is 4.33. The van der Waals surface area contributed by atoms with Crippen LogP contribution < -0.4 is 4.72 Å². The lowest BCUT2D eigenvalue weighted by Crippen LogP contribution is -2.27. The Labute approximate surface area is 120 Å². The van der Waals surface area contributed by atoms with Crippen LogP contribution in [0.25, 0.3) is 0 Å². The molecule has 0 saturated heterocycles. The second kappa shape index (κ2) is 6.01. The van der Waals surface area contributed by atoms with Gasteiger partial charge in [0.05, 0.1) is 11.5 Å². The minimum Gasteiger partial charge on any atom is -0.391 e. The van der Waals surface area contributed by atoms with Gasteiger partial charge in [0.2, 0.25) is 10.0 Å². The summed E-state index contributed by atoms with van der Waals surface area (Å²) in [6.07, 6.45) is 0. The van der Waals surface area contributed by atoms with Crippen molar-refractivity contribution in [1.29, 1.82) is 0 Å². The number of hydrogen-bond acceptors (Lipinski definition) is 4. The predicted octanol–water partition coefficient (Wildman–Crippen LogP) is 2.42. The zero-order valence-corrected chi connectivity index (χ0v) is 12.3. The molecule has 7 heteroatoms. The molecule has 0 aliphatic heterocycles. The predicted molar refractivity (Wildman–Crippen MR) is 75.4 cm³/mol. The van der Waals surface area contributed by atoms with E-state index in [1.807, 2.05) is 0 Å². The summed E-state index contributed by atoms with van der Waals surface area (Å²) in [4.78, 5) is 0.475. The van der Waals surface area contributed by atoms with E-state index in [0.29, 0.717) is 10.4 Å². The second-order valence-corrected chi connectivity index (χ2v) is 6.94. The summed E-state index contributed by atoms with van der Waals surface area (Å²) >= 11 is 1.18. The standard InChI is InChI=1S/C13H14FNO3S2/c1-9(10-2-4-11(14)5-3-10)15-20(17,18)13-6-7-19-12(13)8-16/h2-7,9,15-16H,8H2,1H3. The Hall–Kier alpha value is -1.28. The van der Waals surface area contributed by atoms with Crippen molar-refractivity contribution >= 4 is 21.4 Å². The van der Waals surface area contributed by atoms with Gasteiger partial charge in [-0.25, -0.2) is 17.5 Å². The largest absolute Gasteiger partial charge is 0.391 e. The molecule has 0 spiro atoms. The molecule has 2 N–H and O–H groups in total. The summed E-state index contributed by atoms with van der Waals surface area (Å²) in [6, 6.07) is 6.59. The molecule has 1 heterocycles. The van der Waals surface area contributed by atoms with Crippen molar-refractivity contribution < 1.29 is 17.9 Å². The van der Waals surface area contributed by atoms with Crippen molar-refractivity contribution in [2.45, 2.75) is 24.5 Å². The third-order valence-corrected chi connectivity index (χ3v) is 5.50. The van der Waals surface area contributed by atoms with Crippen LogP contribution >= 0.6 is 11.3 Å². The molecule has 20 heavy (non-hydrogen) atoms. The van der Waals surface area contributed by atoms with Gasteiger partial charge in [0.1, 0.15) is 5.82 Å². The molecule has 0 aliphatic carbocycles. The number of thiophene rings is 1. The first-order chi connectivity index (χ1) is 9.44. The molecule has 2 rings (SSSR count). The lowest BCUT2D eigenvalue weighted by molar-refractivity contribution is 0.282. The van der Waals surface area contributed by atoms with Gasteiger partial charge in [-0.1, -0.05) is 12.1 Å². The van der Waals surface area contributed by atoms with Crippen LogP contribution in [-0.2, 0) is 16.6 Å². The van der Waals surface area contributed by atoms with Crippen LogP contribution in [0.2, 0.25) is 0 Å². The molecule has 0 amide bonds. The smallest absolute Gasteiger partial charge is 0.242 e. The number of nitrogens with one attached hydrogen (secondary N) is 1. The van der Waals surface area contributed by atoms with Crippen LogP contribution in [0.1, 0.15) is 23.4 Å². The Kier molecular flexibility index (Phi) is 4.54. The lowest BCUT2D eigenvalue weighted by atomic mass is 10.1. The average Bonchev–Trinajstić information content (AvgIpc) is 2.88. The number of rotatable bonds is 5. The molecular weight excluding hydrogens is 301 g/mol. The van der Waals surface area contributed by atoms with Gasteiger partial charge in [-0.05, 0) is 36.1 Å². The number of aliphatic hydroxyl groups is 1. The van der Waals surface area contributed by atoms with E-state index in [-0.39, 0.29) is 17.3 Å². The van der Waals surface area contributed by atoms with Crippen LogP contribution in [-0.4, -0.2) is 13.5 Å². The highest BCUT2D eigenvalue weighted by Crippen LogP contribution is 2.24. The molecule has 1 atom stereocenters. The van der Waals surface area contributed by atoms with Gasteiger partial charge < -0.3 is 5.11 Å². The lowest BCUT2D eigenvalue weighted by Gasteiger charge is -2.14. The van der Waals surface area contributed by atoms with Gasteiger partial charge in [-0.3, -0.25) is 0 Å². The molecule has 0 fully saturated rings. The van der Waals surface area contributed by atoms with Crippen molar-refractivity contribution in [3.63, 3.8) is 0 Å². The van der Waals surface area contributed by atoms with E-state index in [9.17, 15) is 12.8 Å². The van der Waals surface area contributed by atoms with E-state index < -0.39 is 16.1 Å². The molecule has 1 aromatic carbocycles. The molecule has 1 unspecified atom stereocenters. The first-order valence-corrected chi connectivity index (χ1v) is 8.25. The number of benzene rings is 1. The Bertz CT molecular complexity index is 680. The van der Waals surface area contributed by atoms with Gasteiger partial charge in [0.15, 0.2) is 0 Å². The first-order valence-electron chi connectivity index (χ1n) is 5.89. The Morgan fingerprint density at radius 3 is 2.55 bits per heavy atom. The highest BCUT2D eigenvalue weighted by atomic mass is 32.2. The minimum atomic E-state index is -3.71. The summed E-state index contributed by atoms with van der Waals surface area (Å²) in [5.74, 6) is -0.371. The van der Waals surface area contributed by atoms with E-state index in [0.717, 1.165) is 0 Å². The quantitative estimate of drug-likeness (QED) is 0.890. The molecule has 4 nitrogen and oxygen atoms in total. The highest BCUT2D eigenvalue weighted by Gasteiger charge is 2.22. The Morgan fingerprint density at radius 1 is 1.30 bits per heavy atom. The van der Waals surface area contributed by atoms with Crippen molar-refractivity contribution in [3.8, 4) is 0 Å². The molecule has 0 bridgehead atoms. The number of halogens is 1. The van der Waals surface area contributed by atoms with Gasteiger partial charge in [0, 0.05) is 10.9 Å². The van der Waals surface area contributed by atoms with E-state index >= 15 is 0 Å². The van der Waals surface area contributed by atoms with Gasteiger partial charge in [0.25, 0.3) is 0 Å². The molecule has 0 radical (unpaired) electrons. The summed E-state index contributed by atoms with van der Waals surface area (Å²) in [5.41, 5.74) is 0.663. The minimum absolute atomic E-state index is 0.0824. The summed E-state index contributed by atoms with van der Waals surface area (Å²) in [6.45, 7) is 1.36. The van der Waals surface area contributed by atoms with Crippen molar-refractivity contribution in [1.82, 2.24) is 4.72 Å². The Balaban J connectivity index is 2.22. The summed E-state index contributed by atoms with van der Waals surface area (Å²) in [7, 11) is -3.71. The van der Waals surface area contributed by atoms with Crippen molar-refractivity contribution in [3.05, 3.63) is 52.0 Å². The fourth-order valence-electron chi connectivity index (χ4n) is 1.80. The Morgan fingerprint density at radius 2 is 1.95 bits per heavy atom. The summed E-state index contributed by atoms with van der Waals surface area (Å²) < 4.78 is 39.8. The van der Waals surface area contributed by atoms with E-state index in [1.54, 1.807) is 12.3 Å². The molecule has 108 valence electrons. The zero-order valence-electron chi connectivity index (χ0n) is 10.7. The van der Waals surface area contributed by atoms with Crippen LogP contribution in [0.4, 0.5) is 4.39 Å². The molecule has 1 aromatic heterocycles. The van der Waals surface area contributed by atoms with Gasteiger partial charge in [-0.2, -0.15) is 0 Å². The third-order valence-electron chi connectivity index (χ3n) is 2.84. The maximum absolute atomic E-state index is 12.8. The average molecular weight is 315 g/mol. The second-order valence-electron chi connectivity index (χ2n) is 4.26. The maximum Gasteiger partial charge on any atom is 0.242 e. The molecular formula is C13H14FNO3S2. The fraction of sp³-hybridized carbons (Fsp3) is 0.231. The topological polar surface area (TPSA) is 66.4 Å². The zero-order chi connectivity index (χ0) is 14.8. The third kappa shape index (κ3) is 3.24. The van der Waals surface area contributed by atoms with Gasteiger partial charge in [-0.15, -0.1) is 11.3 Å². The van der Waals surface area contributed by atoms with Crippen LogP contribution in [0.3, 0.4) is 0 Å². The SMILES string of the molecule is CC(NS(=O)(=O)c1ccsc1CO)c1ccc(F)cc1. The number of hydrogen-bond donors (Lipinski definition) is 2. The van der Waals surface area contributed by atoms with E-state index in [2.05, 4.69) is 4.72 Å². The van der Waals surface area contributed by atoms with Crippen LogP contribution in [0, 0.1) is 5.82 Å². The van der Waals surface area contributed by atoms with E-state index in [1.165, 1.54) is 41.7 Å². The van der Waals surface area contributed by atoms with Crippen molar-refractivity contribution in [2.75, 3.05) is 0 Å². The highest BCUT2D eigenvalue weighted by molar-refractivity contribution is 7.89. The van der Waals surface area contributed by atoms with E-state index in [4.69, 9.17) is 5.11 Å². The number of aliphatic hydroxyl groups excluding tert-OH is 1. The number of sulfonamides is 1. The first kappa shape index (κ1) is 15.1. The summed E-state index contributed by atoms with van der Waals surface area (Å²) in [5, 5.41) is 10.7. The van der Waals surface area contributed by atoms with Crippen molar-refractivity contribution in [2.24, 2.45) is 0 Å². The molecule has 0 aliphatic rings. The normalized spacial score (nSPS) is 13.3. The van der Waals surface area contributed by atoms with Crippen LogP contribution in [0.5, 0.6) is 0 Å². The van der Waals surface area contributed by atoms with Crippen LogP contribution in [0.15, 0.2) is 40.6 Å². The van der Waals surface area contributed by atoms with Gasteiger partial charge >= 0.3 is 0 Å². The molecule has 2 aromatic rings. The maximum atomic E-state index is 12.8.